The van der Waals surface area contributed by atoms with Gasteiger partial charge in [0.05, 0.1) is 6.61 Å². The number of nitrogens with zero attached hydrogens (tertiary/aromatic N) is 2. The van der Waals surface area contributed by atoms with Gasteiger partial charge in [0.1, 0.15) is 5.75 Å². The second-order valence-corrected chi connectivity index (χ2v) is 6.04. The summed E-state index contributed by atoms with van der Waals surface area (Å²) < 4.78 is 5.61. The van der Waals surface area contributed by atoms with Crippen molar-refractivity contribution in [2.75, 3.05) is 33.8 Å². The smallest absolute Gasteiger partial charge is 0.325 e. The molecule has 0 bridgehead atoms. The number of hydrogen-bond donors (Lipinski definition) is 1. The second-order valence-electron chi connectivity index (χ2n) is 6.04. The summed E-state index contributed by atoms with van der Waals surface area (Å²) in [5.74, 6) is 0.518. The Balaban J connectivity index is 1.85. The van der Waals surface area contributed by atoms with Gasteiger partial charge in [0.2, 0.25) is 0 Å². The van der Waals surface area contributed by atoms with Gasteiger partial charge in [0.25, 0.3) is 5.91 Å². The highest BCUT2D eigenvalue weighted by molar-refractivity contribution is 6.07. The SMILES string of the molecule is CN(C)CCCN1C(=O)NC2(CCOc3ccccc32)C1=O. The molecule has 118 valence electrons. The van der Waals surface area contributed by atoms with Gasteiger partial charge >= 0.3 is 6.03 Å². The van der Waals surface area contributed by atoms with E-state index in [4.69, 9.17) is 4.74 Å². The Bertz CT molecular complexity index is 602. The second kappa shape index (κ2) is 5.61. The summed E-state index contributed by atoms with van der Waals surface area (Å²) in [4.78, 5) is 28.6. The lowest BCUT2D eigenvalue weighted by Gasteiger charge is -2.33. The molecule has 0 radical (unpaired) electrons. The number of amides is 3. The molecule has 1 N–H and O–H groups in total. The predicted octanol–water partition coefficient (Wildman–Crippen LogP) is 1.17. The van der Waals surface area contributed by atoms with Crippen LogP contribution in [0.4, 0.5) is 4.79 Å². The maximum atomic E-state index is 12.9. The predicted molar refractivity (Wildman–Crippen MR) is 81.6 cm³/mol. The molecule has 2 aliphatic rings. The zero-order valence-corrected chi connectivity index (χ0v) is 13.0. The van der Waals surface area contributed by atoms with E-state index in [1.807, 2.05) is 43.3 Å². The van der Waals surface area contributed by atoms with Gasteiger partial charge < -0.3 is 15.0 Å². The van der Waals surface area contributed by atoms with E-state index in [-0.39, 0.29) is 11.9 Å². The highest BCUT2D eigenvalue weighted by atomic mass is 16.5. The highest BCUT2D eigenvalue weighted by Gasteiger charge is 2.54. The van der Waals surface area contributed by atoms with Crippen molar-refractivity contribution in [3.05, 3.63) is 29.8 Å². The van der Waals surface area contributed by atoms with Gasteiger partial charge in [-0.1, -0.05) is 18.2 Å². The van der Waals surface area contributed by atoms with Crippen LogP contribution < -0.4 is 10.1 Å². The van der Waals surface area contributed by atoms with Crippen LogP contribution in [-0.4, -0.2) is 55.5 Å². The molecular formula is C16H21N3O3. The van der Waals surface area contributed by atoms with E-state index in [1.165, 1.54) is 4.90 Å². The zero-order valence-electron chi connectivity index (χ0n) is 13.0. The minimum absolute atomic E-state index is 0.160. The number of para-hydroxylation sites is 1. The van der Waals surface area contributed by atoms with E-state index in [0.717, 1.165) is 18.5 Å². The van der Waals surface area contributed by atoms with Crippen LogP contribution >= 0.6 is 0 Å². The lowest BCUT2D eigenvalue weighted by molar-refractivity contribution is -0.132. The first kappa shape index (κ1) is 14.8. The fourth-order valence-corrected chi connectivity index (χ4v) is 3.12. The van der Waals surface area contributed by atoms with Crippen molar-refractivity contribution in [1.29, 1.82) is 0 Å². The minimum atomic E-state index is -0.954. The molecule has 2 aliphatic heterocycles. The molecule has 1 spiro atoms. The van der Waals surface area contributed by atoms with E-state index < -0.39 is 5.54 Å². The molecule has 1 atom stereocenters. The van der Waals surface area contributed by atoms with Crippen LogP contribution in [0.15, 0.2) is 24.3 Å². The largest absolute Gasteiger partial charge is 0.493 e. The Morgan fingerprint density at radius 1 is 1.32 bits per heavy atom. The zero-order chi connectivity index (χ0) is 15.7. The quantitative estimate of drug-likeness (QED) is 0.848. The van der Waals surface area contributed by atoms with Crippen molar-refractivity contribution >= 4 is 11.9 Å². The normalized spacial score (nSPS) is 23.7. The molecule has 2 heterocycles. The average Bonchev–Trinajstić information content (AvgIpc) is 2.72. The van der Waals surface area contributed by atoms with Crippen molar-refractivity contribution in [2.45, 2.75) is 18.4 Å². The first-order valence-electron chi connectivity index (χ1n) is 7.56. The van der Waals surface area contributed by atoms with Crippen LogP contribution in [0.25, 0.3) is 0 Å². The van der Waals surface area contributed by atoms with Crippen molar-refractivity contribution in [3.8, 4) is 5.75 Å². The average molecular weight is 303 g/mol. The van der Waals surface area contributed by atoms with Gasteiger partial charge in [0.15, 0.2) is 5.54 Å². The van der Waals surface area contributed by atoms with Crippen LogP contribution in [0.1, 0.15) is 18.4 Å². The molecule has 0 aromatic heterocycles. The summed E-state index contributed by atoms with van der Waals surface area (Å²) in [6.45, 7) is 1.70. The molecule has 6 nitrogen and oxygen atoms in total. The lowest BCUT2D eigenvalue weighted by Crippen LogP contribution is -2.47. The summed E-state index contributed by atoms with van der Waals surface area (Å²) in [6, 6.07) is 7.12. The molecule has 3 amide bonds. The number of hydrogen-bond acceptors (Lipinski definition) is 4. The van der Waals surface area contributed by atoms with Gasteiger partial charge in [0, 0.05) is 18.5 Å². The molecule has 1 aromatic carbocycles. The first-order chi connectivity index (χ1) is 10.5. The summed E-state index contributed by atoms with van der Waals surface area (Å²) >= 11 is 0. The van der Waals surface area contributed by atoms with Gasteiger partial charge in [-0.15, -0.1) is 0 Å². The highest BCUT2D eigenvalue weighted by Crippen LogP contribution is 2.40. The third-order valence-electron chi connectivity index (χ3n) is 4.24. The summed E-state index contributed by atoms with van der Waals surface area (Å²) in [7, 11) is 3.95. The maximum absolute atomic E-state index is 12.9. The summed E-state index contributed by atoms with van der Waals surface area (Å²) in [5.41, 5.74) is -0.195. The number of nitrogens with one attached hydrogen (secondary N) is 1. The third-order valence-corrected chi connectivity index (χ3v) is 4.24. The van der Waals surface area contributed by atoms with Crippen molar-refractivity contribution in [2.24, 2.45) is 0 Å². The standard InChI is InChI=1S/C16H21N3O3/c1-18(2)9-5-10-19-14(20)16(17-15(19)21)8-11-22-13-7-4-3-6-12(13)16/h3-4,6-7H,5,8-11H2,1-2H3,(H,17,21). The van der Waals surface area contributed by atoms with Gasteiger partial charge in [-0.05, 0) is 33.1 Å². The van der Waals surface area contributed by atoms with Crippen LogP contribution in [0.2, 0.25) is 0 Å². The summed E-state index contributed by atoms with van der Waals surface area (Å²) in [5, 5.41) is 2.91. The van der Waals surface area contributed by atoms with Gasteiger partial charge in [-0.2, -0.15) is 0 Å². The Labute approximate surface area is 130 Å². The van der Waals surface area contributed by atoms with Crippen molar-refractivity contribution in [1.82, 2.24) is 15.1 Å². The van der Waals surface area contributed by atoms with Crippen molar-refractivity contribution in [3.63, 3.8) is 0 Å². The van der Waals surface area contributed by atoms with Crippen LogP contribution in [0.5, 0.6) is 5.75 Å². The minimum Gasteiger partial charge on any atom is -0.493 e. The Kier molecular flexibility index (Phi) is 3.78. The van der Waals surface area contributed by atoms with E-state index in [9.17, 15) is 9.59 Å². The number of rotatable bonds is 4. The summed E-state index contributed by atoms with van der Waals surface area (Å²) in [6.07, 6.45) is 1.24. The Hall–Kier alpha value is -2.08. The molecule has 22 heavy (non-hydrogen) atoms. The van der Waals surface area contributed by atoms with E-state index in [1.54, 1.807) is 0 Å². The molecule has 0 saturated carbocycles. The molecule has 1 aromatic rings. The molecule has 1 saturated heterocycles. The number of imide groups is 1. The maximum Gasteiger partial charge on any atom is 0.325 e. The number of benzene rings is 1. The van der Waals surface area contributed by atoms with Crippen LogP contribution in [0, 0.1) is 0 Å². The monoisotopic (exact) mass is 303 g/mol. The first-order valence-corrected chi connectivity index (χ1v) is 7.56. The molecule has 1 unspecified atom stereocenters. The lowest BCUT2D eigenvalue weighted by atomic mass is 9.84. The number of carbonyl (C=O) groups excluding carboxylic acids is 2. The number of urea groups is 1. The van der Waals surface area contributed by atoms with E-state index in [2.05, 4.69) is 5.32 Å². The fraction of sp³-hybridized carbons (Fsp3) is 0.500. The van der Waals surface area contributed by atoms with E-state index >= 15 is 0 Å². The van der Waals surface area contributed by atoms with E-state index in [0.29, 0.717) is 25.3 Å². The molecule has 1 fully saturated rings. The van der Waals surface area contributed by atoms with Crippen LogP contribution in [-0.2, 0) is 10.3 Å². The third kappa shape index (κ3) is 2.33. The number of carbonyl (C=O) groups is 2. The molecular weight excluding hydrogens is 282 g/mol. The molecule has 3 rings (SSSR count). The number of fused-ring (bicyclic) bond motifs is 2. The Morgan fingerprint density at radius 3 is 2.86 bits per heavy atom. The Morgan fingerprint density at radius 2 is 2.09 bits per heavy atom. The van der Waals surface area contributed by atoms with Crippen LogP contribution in [0.3, 0.4) is 0 Å². The molecule has 6 heteroatoms. The molecule has 0 aliphatic carbocycles. The van der Waals surface area contributed by atoms with Gasteiger partial charge in [-0.3, -0.25) is 9.69 Å². The van der Waals surface area contributed by atoms with Gasteiger partial charge in [-0.25, -0.2) is 4.79 Å². The van der Waals surface area contributed by atoms with Crippen molar-refractivity contribution < 1.29 is 14.3 Å². The fourth-order valence-electron chi connectivity index (χ4n) is 3.12. The number of ether oxygens (including phenoxy) is 1. The topological polar surface area (TPSA) is 61.9 Å².